The maximum atomic E-state index is 13.6. The summed E-state index contributed by atoms with van der Waals surface area (Å²) >= 11 is 0. The maximum absolute atomic E-state index is 13.6. The number of hydrogen-bond donors (Lipinski definition) is 2. The Labute approximate surface area is 160 Å². The molecule has 4 nitrogen and oxygen atoms in total. The summed E-state index contributed by atoms with van der Waals surface area (Å²) in [7, 11) is 0. The third-order valence-corrected chi connectivity index (χ3v) is 4.69. The van der Waals surface area contributed by atoms with Crippen molar-refractivity contribution in [1.29, 1.82) is 0 Å². The minimum Gasteiger partial charge on any atom is -0.355 e. The van der Waals surface area contributed by atoms with Crippen molar-refractivity contribution in [2.45, 2.75) is 41.0 Å². The van der Waals surface area contributed by atoms with Gasteiger partial charge in [0, 0.05) is 12.2 Å². The lowest BCUT2D eigenvalue weighted by Crippen LogP contribution is -2.45. The number of carbonyl (C=O) groups is 2. The predicted octanol–water partition coefficient (Wildman–Crippen LogP) is 4.07. The smallest absolute Gasteiger partial charge is 0.239 e. The number of hydrogen-bond acceptors (Lipinski definition) is 2. The van der Waals surface area contributed by atoms with Crippen molar-refractivity contribution in [2.75, 3.05) is 11.9 Å². The molecule has 0 fully saturated rings. The number of aryl methyl sites for hydroxylation is 3. The predicted molar refractivity (Wildman–Crippen MR) is 106 cm³/mol. The van der Waals surface area contributed by atoms with E-state index in [1.54, 1.807) is 32.0 Å². The monoisotopic (exact) mass is 370 g/mol. The molecule has 2 aromatic rings. The Morgan fingerprint density at radius 1 is 1.00 bits per heavy atom. The molecule has 5 heteroatoms. The Bertz CT molecular complexity index is 836. The number of benzene rings is 2. The fourth-order valence-electron chi connectivity index (χ4n) is 2.98. The van der Waals surface area contributed by atoms with Gasteiger partial charge in [-0.1, -0.05) is 35.9 Å². The third-order valence-electron chi connectivity index (χ3n) is 4.69. The van der Waals surface area contributed by atoms with Crippen LogP contribution in [0.25, 0.3) is 0 Å². The molecule has 0 spiro atoms. The van der Waals surface area contributed by atoms with E-state index in [-0.39, 0.29) is 18.3 Å². The first-order valence-corrected chi connectivity index (χ1v) is 9.04. The molecule has 0 aliphatic carbocycles. The van der Waals surface area contributed by atoms with Gasteiger partial charge in [-0.2, -0.15) is 0 Å². The molecule has 0 saturated carbocycles. The van der Waals surface area contributed by atoms with E-state index in [0.29, 0.717) is 12.0 Å². The molecular formula is C22H27FN2O2. The molecule has 0 radical (unpaired) electrons. The number of carbonyl (C=O) groups excluding carboxylic acids is 2. The fourth-order valence-corrected chi connectivity index (χ4v) is 2.98. The summed E-state index contributed by atoms with van der Waals surface area (Å²) in [6.07, 6.45) is 0.367. The van der Waals surface area contributed by atoms with Crippen molar-refractivity contribution in [3.8, 4) is 0 Å². The molecule has 2 amide bonds. The van der Waals surface area contributed by atoms with Crippen LogP contribution in [-0.4, -0.2) is 18.4 Å². The molecule has 0 atom stereocenters. The second kappa shape index (κ2) is 8.33. The van der Waals surface area contributed by atoms with Crippen LogP contribution < -0.4 is 10.6 Å². The molecule has 2 N–H and O–H groups in total. The highest BCUT2D eigenvalue weighted by atomic mass is 19.1. The highest BCUT2D eigenvalue weighted by molar-refractivity contribution is 6.10. The van der Waals surface area contributed by atoms with Crippen LogP contribution >= 0.6 is 0 Å². The van der Waals surface area contributed by atoms with E-state index in [9.17, 15) is 14.0 Å². The van der Waals surface area contributed by atoms with Gasteiger partial charge in [-0.05, 0) is 63.8 Å². The normalized spacial score (nSPS) is 11.2. The maximum Gasteiger partial charge on any atom is 0.239 e. The van der Waals surface area contributed by atoms with E-state index in [4.69, 9.17) is 0 Å². The molecule has 0 aromatic heterocycles. The Morgan fingerprint density at radius 3 is 2.19 bits per heavy atom. The van der Waals surface area contributed by atoms with Crippen LogP contribution in [-0.2, 0) is 16.0 Å². The molecule has 0 heterocycles. The second-order valence-corrected chi connectivity index (χ2v) is 7.45. The first kappa shape index (κ1) is 20.6. The summed E-state index contributed by atoms with van der Waals surface area (Å²) in [4.78, 5) is 25.3. The Balaban J connectivity index is 2.00. The lowest BCUT2D eigenvalue weighted by Gasteiger charge is -2.24. The van der Waals surface area contributed by atoms with E-state index < -0.39 is 11.3 Å². The molecule has 0 saturated heterocycles. The summed E-state index contributed by atoms with van der Waals surface area (Å²) in [5.41, 5.74) is 3.05. The quantitative estimate of drug-likeness (QED) is 0.753. The molecule has 2 rings (SSSR count). The molecule has 2 aromatic carbocycles. The van der Waals surface area contributed by atoms with E-state index in [0.717, 1.165) is 22.4 Å². The first-order valence-electron chi connectivity index (χ1n) is 9.04. The molecule has 0 bridgehead atoms. The van der Waals surface area contributed by atoms with Crippen molar-refractivity contribution in [2.24, 2.45) is 5.41 Å². The van der Waals surface area contributed by atoms with Gasteiger partial charge in [-0.3, -0.25) is 9.59 Å². The zero-order chi connectivity index (χ0) is 20.2. The summed E-state index contributed by atoms with van der Waals surface area (Å²) in [5, 5.41) is 5.62. The van der Waals surface area contributed by atoms with Crippen LogP contribution in [0.3, 0.4) is 0 Å². The minimum absolute atomic E-state index is 0.263. The van der Waals surface area contributed by atoms with E-state index in [1.807, 2.05) is 32.9 Å². The van der Waals surface area contributed by atoms with Crippen molar-refractivity contribution < 1.29 is 14.0 Å². The van der Waals surface area contributed by atoms with Gasteiger partial charge in [-0.15, -0.1) is 0 Å². The summed E-state index contributed by atoms with van der Waals surface area (Å²) in [5.74, 6) is -1.06. The molecule has 0 aliphatic heterocycles. The average Bonchev–Trinajstić information content (AvgIpc) is 2.59. The number of anilines is 1. The Kier molecular flexibility index (Phi) is 6.37. The Morgan fingerprint density at radius 2 is 1.59 bits per heavy atom. The molecular weight excluding hydrogens is 343 g/mol. The first-order chi connectivity index (χ1) is 12.6. The number of halogens is 1. The number of nitrogens with one attached hydrogen (secondary N) is 2. The van der Waals surface area contributed by atoms with Crippen LogP contribution in [0.1, 0.15) is 36.1 Å². The van der Waals surface area contributed by atoms with Gasteiger partial charge in [0.15, 0.2) is 0 Å². The van der Waals surface area contributed by atoms with Crippen LogP contribution in [0.15, 0.2) is 36.4 Å². The highest BCUT2D eigenvalue weighted by Gasteiger charge is 2.36. The highest BCUT2D eigenvalue weighted by Crippen LogP contribution is 2.25. The van der Waals surface area contributed by atoms with E-state index >= 15 is 0 Å². The Hall–Kier alpha value is -2.69. The molecule has 27 heavy (non-hydrogen) atoms. The molecule has 0 unspecified atom stereocenters. The van der Waals surface area contributed by atoms with Gasteiger partial charge in [0.05, 0.1) is 0 Å². The fraction of sp³-hybridized carbons (Fsp3) is 0.364. The van der Waals surface area contributed by atoms with Crippen molar-refractivity contribution >= 4 is 17.5 Å². The van der Waals surface area contributed by atoms with Crippen LogP contribution in [0.4, 0.5) is 10.1 Å². The van der Waals surface area contributed by atoms with E-state index in [1.165, 1.54) is 6.07 Å². The zero-order valence-electron chi connectivity index (χ0n) is 16.6. The van der Waals surface area contributed by atoms with E-state index in [2.05, 4.69) is 10.6 Å². The van der Waals surface area contributed by atoms with Crippen molar-refractivity contribution in [1.82, 2.24) is 5.32 Å². The molecule has 0 aliphatic rings. The van der Waals surface area contributed by atoms with Gasteiger partial charge in [0.2, 0.25) is 11.8 Å². The van der Waals surface area contributed by atoms with Gasteiger partial charge in [0.1, 0.15) is 11.2 Å². The summed E-state index contributed by atoms with van der Waals surface area (Å²) in [6, 6.07) is 10.4. The second-order valence-electron chi connectivity index (χ2n) is 7.45. The largest absolute Gasteiger partial charge is 0.355 e. The van der Waals surface area contributed by atoms with Crippen LogP contribution in [0, 0.1) is 32.0 Å². The van der Waals surface area contributed by atoms with Crippen molar-refractivity contribution in [3.05, 3.63) is 64.5 Å². The number of rotatable bonds is 6. The third kappa shape index (κ3) is 4.94. The van der Waals surface area contributed by atoms with Gasteiger partial charge in [0.25, 0.3) is 0 Å². The van der Waals surface area contributed by atoms with Crippen LogP contribution in [0.2, 0.25) is 0 Å². The summed E-state index contributed by atoms with van der Waals surface area (Å²) < 4.78 is 13.6. The lowest BCUT2D eigenvalue weighted by atomic mass is 9.90. The minimum atomic E-state index is -1.25. The van der Waals surface area contributed by atoms with Crippen LogP contribution in [0.5, 0.6) is 0 Å². The van der Waals surface area contributed by atoms with Crippen molar-refractivity contribution in [3.63, 3.8) is 0 Å². The summed E-state index contributed by atoms with van der Waals surface area (Å²) in [6.45, 7) is 9.28. The average molecular weight is 370 g/mol. The van der Waals surface area contributed by atoms with Gasteiger partial charge >= 0.3 is 0 Å². The topological polar surface area (TPSA) is 58.2 Å². The lowest BCUT2D eigenvalue weighted by molar-refractivity contribution is -0.138. The van der Waals surface area contributed by atoms with Gasteiger partial charge in [-0.25, -0.2) is 4.39 Å². The standard InChI is InChI=1S/C22H27FN2O2/c1-14-12-15(2)19(16(3)13-14)25-21(27)22(4,5)20(26)24-11-10-17-8-6-7-9-18(17)23/h6-9,12-13H,10-11H2,1-5H3,(H,24,26)(H,25,27). The van der Waals surface area contributed by atoms with Gasteiger partial charge < -0.3 is 10.6 Å². The number of amides is 2. The zero-order valence-corrected chi connectivity index (χ0v) is 16.6. The SMILES string of the molecule is Cc1cc(C)c(NC(=O)C(C)(C)C(=O)NCCc2ccccc2F)c(C)c1. The molecule has 144 valence electrons.